The van der Waals surface area contributed by atoms with E-state index in [2.05, 4.69) is 5.32 Å². The van der Waals surface area contributed by atoms with Crippen LogP contribution in [0.15, 0.2) is 24.3 Å². The number of ether oxygens (including phenoxy) is 1. The van der Waals surface area contributed by atoms with Crippen molar-refractivity contribution in [1.29, 1.82) is 0 Å². The maximum atomic E-state index is 8.93. The first kappa shape index (κ1) is 8.87. The first-order chi connectivity index (χ1) is 5.72. The van der Waals surface area contributed by atoms with E-state index in [4.69, 9.17) is 9.84 Å². The Labute approximate surface area is 72.0 Å². The third kappa shape index (κ3) is 2.43. The highest BCUT2D eigenvalue weighted by atomic mass is 16.5. The average Bonchev–Trinajstić information content (AvgIpc) is 2.05. The van der Waals surface area contributed by atoms with Crippen molar-refractivity contribution in [3.05, 3.63) is 24.3 Å². The minimum atomic E-state index is -0.654. The summed E-state index contributed by atoms with van der Waals surface area (Å²) >= 11 is 0. The molecule has 0 aliphatic carbocycles. The molecule has 0 aliphatic heterocycles. The molecule has 3 heteroatoms. The van der Waals surface area contributed by atoms with Gasteiger partial charge >= 0.3 is 0 Å². The van der Waals surface area contributed by atoms with Gasteiger partial charge < -0.3 is 9.84 Å². The van der Waals surface area contributed by atoms with E-state index >= 15 is 0 Å². The van der Waals surface area contributed by atoms with Gasteiger partial charge in [0, 0.05) is 0 Å². The molecular weight excluding hydrogens is 154 g/mol. The van der Waals surface area contributed by atoms with Crippen molar-refractivity contribution in [2.75, 3.05) is 7.11 Å². The van der Waals surface area contributed by atoms with E-state index in [1.54, 1.807) is 38.3 Å². The molecule has 0 amide bonds. The molecule has 0 spiro atoms. The van der Waals surface area contributed by atoms with Crippen molar-refractivity contribution in [2.24, 2.45) is 0 Å². The summed E-state index contributed by atoms with van der Waals surface area (Å²) in [6.45, 7) is 1.62. The van der Waals surface area contributed by atoms with Gasteiger partial charge in [0.25, 0.3) is 0 Å². The summed E-state index contributed by atoms with van der Waals surface area (Å²) in [4.78, 5) is 0. The van der Waals surface area contributed by atoms with Crippen LogP contribution in [0, 0.1) is 0 Å². The van der Waals surface area contributed by atoms with Gasteiger partial charge in [0.15, 0.2) is 0 Å². The number of benzene rings is 1. The van der Waals surface area contributed by atoms with E-state index in [9.17, 15) is 0 Å². The van der Waals surface area contributed by atoms with Crippen LogP contribution >= 0.6 is 0 Å². The van der Waals surface area contributed by atoms with Crippen molar-refractivity contribution < 1.29 is 9.84 Å². The highest BCUT2D eigenvalue weighted by Gasteiger charge is 1.98. The monoisotopic (exact) mass is 166 g/mol. The molecule has 0 bridgehead atoms. The van der Waals surface area contributed by atoms with Crippen molar-refractivity contribution in [3.63, 3.8) is 0 Å². The molecule has 0 saturated carbocycles. The topological polar surface area (TPSA) is 43.6 Å². The van der Waals surface area contributed by atoms with Crippen LogP contribution in [0.3, 0.4) is 0 Å². The molecular formula is C9H12NO2. The van der Waals surface area contributed by atoms with Crippen LogP contribution in [0.4, 0.5) is 5.69 Å². The second kappa shape index (κ2) is 3.97. The summed E-state index contributed by atoms with van der Waals surface area (Å²) in [5.41, 5.74) is 0.755. The third-order valence-electron chi connectivity index (χ3n) is 1.41. The second-order valence-electron chi connectivity index (χ2n) is 2.46. The smallest absolute Gasteiger partial charge is 0.143 e. The lowest BCUT2D eigenvalue weighted by atomic mass is 10.3. The summed E-state index contributed by atoms with van der Waals surface area (Å²) in [6.07, 6.45) is -0.654. The summed E-state index contributed by atoms with van der Waals surface area (Å²) in [5.74, 6) is 0.791. The Kier molecular flexibility index (Phi) is 2.94. The molecule has 1 atom stereocenters. The fourth-order valence-electron chi connectivity index (χ4n) is 0.884. The molecule has 0 aromatic heterocycles. The Morgan fingerprint density at radius 1 is 1.33 bits per heavy atom. The molecule has 0 fully saturated rings. The lowest BCUT2D eigenvalue weighted by Gasteiger charge is -2.05. The normalized spacial score (nSPS) is 12.2. The van der Waals surface area contributed by atoms with E-state index < -0.39 is 6.23 Å². The zero-order valence-electron chi connectivity index (χ0n) is 7.19. The van der Waals surface area contributed by atoms with Crippen LogP contribution in [0.5, 0.6) is 5.75 Å². The van der Waals surface area contributed by atoms with E-state index in [0.717, 1.165) is 11.4 Å². The molecule has 0 aliphatic rings. The highest BCUT2D eigenvalue weighted by molar-refractivity contribution is 5.40. The number of hydrogen-bond donors (Lipinski definition) is 1. The average molecular weight is 166 g/mol. The van der Waals surface area contributed by atoms with E-state index in [-0.39, 0.29) is 0 Å². The molecule has 0 saturated heterocycles. The van der Waals surface area contributed by atoms with Crippen molar-refractivity contribution in [1.82, 2.24) is 5.32 Å². The van der Waals surface area contributed by atoms with Gasteiger partial charge in [-0.2, -0.15) is 0 Å². The molecule has 12 heavy (non-hydrogen) atoms. The van der Waals surface area contributed by atoms with E-state index in [1.807, 2.05) is 0 Å². The maximum Gasteiger partial charge on any atom is 0.143 e. The number of methoxy groups -OCH3 is 1. The second-order valence-corrected chi connectivity index (χ2v) is 2.46. The first-order valence-corrected chi connectivity index (χ1v) is 3.75. The largest absolute Gasteiger partial charge is 0.497 e. The molecule has 1 N–H and O–H groups in total. The lowest BCUT2D eigenvalue weighted by molar-refractivity contribution is 0.172. The third-order valence-corrected chi connectivity index (χ3v) is 1.41. The molecule has 65 valence electrons. The number of hydrogen-bond acceptors (Lipinski definition) is 2. The highest BCUT2D eigenvalue weighted by Crippen LogP contribution is 2.15. The summed E-state index contributed by atoms with van der Waals surface area (Å²) in [5, 5.41) is 12.9. The summed E-state index contributed by atoms with van der Waals surface area (Å²) in [6, 6.07) is 7.21. The van der Waals surface area contributed by atoms with Gasteiger partial charge in [0.05, 0.1) is 12.8 Å². The number of nitrogens with zero attached hydrogens (tertiary/aromatic N) is 1. The Hall–Kier alpha value is -1.22. The molecule has 1 rings (SSSR count). The first-order valence-electron chi connectivity index (χ1n) is 3.75. The Bertz CT molecular complexity index is 231. The van der Waals surface area contributed by atoms with E-state index in [1.165, 1.54) is 0 Å². The summed E-state index contributed by atoms with van der Waals surface area (Å²) < 4.78 is 4.97. The van der Waals surface area contributed by atoms with Crippen molar-refractivity contribution in [2.45, 2.75) is 13.2 Å². The van der Waals surface area contributed by atoms with Crippen molar-refractivity contribution >= 4 is 5.69 Å². The SMILES string of the molecule is COc1ccc([N]C(C)O)cc1. The quantitative estimate of drug-likeness (QED) is 0.734. The predicted octanol–water partition coefficient (Wildman–Crippen LogP) is 1.27. The fraction of sp³-hybridized carbons (Fsp3) is 0.333. The molecule has 1 aromatic carbocycles. The molecule has 0 heterocycles. The van der Waals surface area contributed by atoms with Crippen LogP contribution in [0.1, 0.15) is 6.92 Å². The van der Waals surface area contributed by atoms with Gasteiger partial charge in [0.1, 0.15) is 12.0 Å². The van der Waals surface area contributed by atoms with Crippen LogP contribution in [-0.4, -0.2) is 18.4 Å². The van der Waals surface area contributed by atoms with Crippen LogP contribution in [-0.2, 0) is 0 Å². The zero-order chi connectivity index (χ0) is 8.97. The summed E-state index contributed by atoms with van der Waals surface area (Å²) in [7, 11) is 1.61. The minimum Gasteiger partial charge on any atom is -0.497 e. The lowest BCUT2D eigenvalue weighted by Crippen LogP contribution is -2.11. The van der Waals surface area contributed by atoms with Crippen LogP contribution < -0.4 is 10.1 Å². The van der Waals surface area contributed by atoms with Gasteiger partial charge in [0.2, 0.25) is 0 Å². The standard InChI is InChI=1S/C9H12NO2/c1-7(11)10-8-3-5-9(12-2)6-4-8/h3-7,11H,1-2H3. The molecule has 3 nitrogen and oxygen atoms in total. The molecule has 1 unspecified atom stereocenters. The van der Waals surface area contributed by atoms with Crippen LogP contribution in [0.2, 0.25) is 0 Å². The van der Waals surface area contributed by atoms with Crippen molar-refractivity contribution in [3.8, 4) is 5.75 Å². The Morgan fingerprint density at radius 2 is 1.92 bits per heavy atom. The van der Waals surface area contributed by atoms with Gasteiger partial charge in [-0.3, -0.25) is 5.32 Å². The molecule has 1 aromatic rings. The van der Waals surface area contributed by atoms with Gasteiger partial charge in [-0.05, 0) is 31.2 Å². The minimum absolute atomic E-state index is 0.654. The maximum absolute atomic E-state index is 8.93. The fourth-order valence-corrected chi connectivity index (χ4v) is 0.884. The van der Waals surface area contributed by atoms with Gasteiger partial charge in [-0.15, -0.1) is 0 Å². The Balaban J connectivity index is 2.65. The van der Waals surface area contributed by atoms with E-state index in [0.29, 0.717) is 0 Å². The van der Waals surface area contributed by atoms with Gasteiger partial charge in [-0.1, -0.05) is 0 Å². The Morgan fingerprint density at radius 3 is 2.33 bits per heavy atom. The predicted molar refractivity (Wildman–Crippen MR) is 46.5 cm³/mol. The molecule has 1 radical (unpaired) electrons. The number of aliphatic hydroxyl groups is 1. The zero-order valence-corrected chi connectivity index (χ0v) is 7.19. The number of aliphatic hydroxyl groups excluding tert-OH is 1. The van der Waals surface area contributed by atoms with Gasteiger partial charge in [-0.25, -0.2) is 0 Å². The number of rotatable bonds is 3. The van der Waals surface area contributed by atoms with Crippen LogP contribution in [0.25, 0.3) is 0 Å².